The van der Waals surface area contributed by atoms with Gasteiger partial charge in [0, 0.05) is 5.39 Å². The van der Waals surface area contributed by atoms with E-state index in [1.165, 1.54) is 0 Å². The topological polar surface area (TPSA) is 12.9 Å². The monoisotopic (exact) mass is 317 g/mol. The quantitative estimate of drug-likeness (QED) is 0.663. The fourth-order valence-corrected chi connectivity index (χ4v) is 2.23. The molecule has 2 aromatic rings. The molecule has 1 aromatic carbocycles. The Kier molecular flexibility index (Phi) is 2.58. The van der Waals surface area contributed by atoms with Crippen LogP contribution in [0.2, 0.25) is 0 Å². The van der Waals surface area contributed by atoms with Gasteiger partial charge in [0.1, 0.15) is 10.4 Å². The van der Waals surface area contributed by atoms with Gasteiger partial charge in [-0.2, -0.15) is 0 Å². The van der Waals surface area contributed by atoms with Crippen LogP contribution in [-0.4, -0.2) is 4.98 Å². The van der Waals surface area contributed by atoms with Crippen LogP contribution in [0.25, 0.3) is 10.9 Å². The molecule has 0 aliphatic heterocycles. The van der Waals surface area contributed by atoms with Crippen molar-refractivity contribution in [3.63, 3.8) is 0 Å². The maximum atomic E-state index is 13.6. The minimum atomic E-state index is -0.259. The number of aryl methyl sites for hydroxylation is 1. The molecule has 0 aliphatic carbocycles. The van der Waals surface area contributed by atoms with E-state index in [0.717, 1.165) is 10.2 Å². The lowest BCUT2D eigenvalue weighted by Crippen LogP contribution is -1.89. The third-order valence-electron chi connectivity index (χ3n) is 2.02. The standard InChI is InChI=1S/C10H6Br2FN/c1-5-4-7(11)9(13)6-2-3-8(12)14-10(5)6/h2-4H,1H3. The van der Waals surface area contributed by atoms with Crippen LogP contribution in [0.4, 0.5) is 4.39 Å². The van der Waals surface area contributed by atoms with E-state index in [1.54, 1.807) is 18.2 Å². The molecule has 1 nitrogen and oxygen atoms in total. The second-order valence-corrected chi connectivity index (χ2v) is 4.69. The Morgan fingerprint density at radius 3 is 2.71 bits per heavy atom. The lowest BCUT2D eigenvalue weighted by molar-refractivity contribution is 0.632. The summed E-state index contributed by atoms with van der Waals surface area (Å²) in [6.07, 6.45) is 0. The SMILES string of the molecule is Cc1cc(Br)c(F)c2ccc(Br)nc12. The summed E-state index contributed by atoms with van der Waals surface area (Å²) < 4.78 is 14.8. The van der Waals surface area contributed by atoms with Crippen molar-refractivity contribution in [2.75, 3.05) is 0 Å². The van der Waals surface area contributed by atoms with Gasteiger partial charge in [0.25, 0.3) is 0 Å². The highest BCUT2D eigenvalue weighted by Crippen LogP contribution is 2.27. The highest BCUT2D eigenvalue weighted by Gasteiger charge is 2.09. The fourth-order valence-electron chi connectivity index (χ4n) is 1.36. The zero-order valence-electron chi connectivity index (χ0n) is 7.31. The molecular formula is C10H6Br2FN. The van der Waals surface area contributed by atoms with Gasteiger partial charge in [0.2, 0.25) is 0 Å². The average molecular weight is 319 g/mol. The van der Waals surface area contributed by atoms with Crippen molar-refractivity contribution in [1.82, 2.24) is 4.98 Å². The van der Waals surface area contributed by atoms with Gasteiger partial charge in [0.15, 0.2) is 0 Å². The van der Waals surface area contributed by atoms with Crippen molar-refractivity contribution in [2.45, 2.75) is 6.92 Å². The fraction of sp³-hybridized carbons (Fsp3) is 0.100. The van der Waals surface area contributed by atoms with Crippen LogP contribution in [-0.2, 0) is 0 Å². The summed E-state index contributed by atoms with van der Waals surface area (Å²) in [7, 11) is 0. The third-order valence-corrected chi connectivity index (χ3v) is 3.04. The molecular weight excluding hydrogens is 313 g/mol. The van der Waals surface area contributed by atoms with E-state index >= 15 is 0 Å². The first-order valence-corrected chi connectivity index (χ1v) is 5.59. The lowest BCUT2D eigenvalue weighted by Gasteiger charge is -2.04. The third kappa shape index (κ3) is 1.57. The summed E-state index contributed by atoms with van der Waals surface area (Å²) in [5.41, 5.74) is 1.65. The van der Waals surface area contributed by atoms with Crippen LogP contribution in [0, 0.1) is 12.7 Å². The summed E-state index contributed by atoms with van der Waals surface area (Å²) in [6.45, 7) is 1.91. The Bertz CT molecular complexity index is 511. The summed E-state index contributed by atoms with van der Waals surface area (Å²) in [5.74, 6) is -0.259. The first-order chi connectivity index (χ1) is 6.59. The largest absolute Gasteiger partial charge is 0.241 e. The summed E-state index contributed by atoms with van der Waals surface area (Å²) >= 11 is 6.44. The molecule has 0 unspecified atom stereocenters. The van der Waals surface area contributed by atoms with Crippen molar-refractivity contribution in [3.05, 3.63) is 38.7 Å². The van der Waals surface area contributed by atoms with Gasteiger partial charge in [-0.3, -0.25) is 0 Å². The molecule has 0 bridgehead atoms. The predicted octanol–water partition coefficient (Wildman–Crippen LogP) is 4.21. The number of hydrogen-bond donors (Lipinski definition) is 0. The smallest absolute Gasteiger partial charge is 0.146 e. The van der Waals surface area contributed by atoms with Gasteiger partial charge in [0.05, 0.1) is 9.99 Å². The molecule has 1 aromatic heterocycles. The minimum absolute atomic E-state index is 0.259. The summed E-state index contributed by atoms with van der Waals surface area (Å²) in [6, 6.07) is 5.19. The second-order valence-electron chi connectivity index (χ2n) is 3.02. The Balaban J connectivity index is 2.94. The lowest BCUT2D eigenvalue weighted by atomic mass is 10.1. The molecule has 4 heteroatoms. The molecule has 1 heterocycles. The molecule has 0 amide bonds. The summed E-state index contributed by atoms with van der Waals surface area (Å²) in [4.78, 5) is 4.23. The van der Waals surface area contributed by atoms with E-state index < -0.39 is 0 Å². The molecule has 0 spiro atoms. The normalized spacial score (nSPS) is 10.9. The van der Waals surface area contributed by atoms with Crippen LogP contribution in [0.1, 0.15) is 5.56 Å². The molecule has 0 atom stereocenters. The molecule has 0 N–H and O–H groups in total. The van der Waals surface area contributed by atoms with Gasteiger partial charge < -0.3 is 0 Å². The molecule has 2 rings (SSSR count). The zero-order valence-corrected chi connectivity index (χ0v) is 10.5. The van der Waals surface area contributed by atoms with Crippen molar-refractivity contribution in [2.24, 2.45) is 0 Å². The van der Waals surface area contributed by atoms with E-state index in [1.807, 2.05) is 6.92 Å². The number of nitrogens with zero attached hydrogens (tertiary/aromatic N) is 1. The molecule has 0 saturated heterocycles. The highest BCUT2D eigenvalue weighted by molar-refractivity contribution is 9.10. The van der Waals surface area contributed by atoms with Gasteiger partial charge in [-0.05, 0) is 62.5 Å². The maximum absolute atomic E-state index is 13.6. The number of hydrogen-bond acceptors (Lipinski definition) is 1. The molecule has 0 radical (unpaired) electrons. The van der Waals surface area contributed by atoms with Crippen molar-refractivity contribution in [3.8, 4) is 0 Å². The molecule has 0 aliphatic rings. The Morgan fingerprint density at radius 2 is 2.00 bits per heavy atom. The van der Waals surface area contributed by atoms with Crippen LogP contribution in [0.5, 0.6) is 0 Å². The minimum Gasteiger partial charge on any atom is -0.241 e. The Labute approximate surface area is 97.6 Å². The number of halogens is 3. The van der Waals surface area contributed by atoms with Gasteiger partial charge in [-0.25, -0.2) is 9.37 Å². The first kappa shape index (κ1) is 10.1. The zero-order chi connectivity index (χ0) is 10.3. The number of fused-ring (bicyclic) bond motifs is 1. The van der Waals surface area contributed by atoms with Crippen molar-refractivity contribution in [1.29, 1.82) is 0 Å². The van der Waals surface area contributed by atoms with E-state index in [0.29, 0.717) is 15.4 Å². The van der Waals surface area contributed by atoms with Crippen LogP contribution >= 0.6 is 31.9 Å². The molecule has 72 valence electrons. The van der Waals surface area contributed by atoms with Crippen LogP contribution in [0.15, 0.2) is 27.3 Å². The predicted molar refractivity (Wildman–Crippen MR) is 61.8 cm³/mol. The van der Waals surface area contributed by atoms with E-state index in [9.17, 15) is 4.39 Å². The maximum Gasteiger partial charge on any atom is 0.146 e. The molecule has 0 saturated carbocycles. The van der Waals surface area contributed by atoms with E-state index in [4.69, 9.17) is 0 Å². The summed E-state index contributed by atoms with van der Waals surface area (Å²) in [5, 5.41) is 0.542. The van der Waals surface area contributed by atoms with Gasteiger partial charge in [-0.1, -0.05) is 0 Å². The van der Waals surface area contributed by atoms with Crippen molar-refractivity contribution >= 4 is 42.8 Å². The number of aromatic nitrogens is 1. The average Bonchev–Trinajstić information content (AvgIpc) is 2.14. The van der Waals surface area contributed by atoms with Gasteiger partial charge in [-0.15, -0.1) is 0 Å². The van der Waals surface area contributed by atoms with Gasteiger partial charge >= 0.3 is 0 Å². The van der Waals surface area contributed by atoms with Crippen molar-refractivity contribution < 1.29 is 4.39 Å². The second kappa shape index (κ2) is 3.59. The number of pyridine rings is 1. The Hall–Kier alpha value is -0.480. The number of rotatable bonds is 0. The Morgan fingerprint density at radius 1 is 1.29 bits per heavy atom. The van der Waals surface area contributed by atoms with Crippen LogP contribution in [0.3, 0.4) is 0 Å². The first-order valence-electron chi connectivity index (χ1n) is 4.00. The molecule has 14 heavy (non-hydrogen) atoms. The van der Waals surface area contributed by atoms with E-state index in [2.05, 4.69) is 36.8 Å². The van der Waals surface area contributed by atoms with E-state index in [-0.39, 0.29) is 5.82 Å². The number of benzene rings is 1. The van der Waals surface area contributed by atoms with Crippen LogP contribution < -0.4 is 0 Å². The molecule has 0 fully saturated rings. The highest BCUT2D eigenvalue weighted by atomic mass is 79.9.